The first kappa shape index (κ1) is 14.0. The van der Waals surface area contributed by atoms with E-state index >= 15 is 0 Å². The van der Waals surface area contributed by atoms with Gasteiger partial charge in [0, 0.05) is 11.8 Å². The Kier molecular flexibility index (Phi) is 4.36. The molecular formula is C15H23N3OS. The predicted molar refractivity (Wildman–Crippen MR) is 81.1 cm³/mol. The standard InChI is InChI=1S/C15H23N3OS/c1-3-19-11(2)10-18-8-6-13(7-9-18)15-17-16-14(20-15)12-4-5-12/h12-13H,2-10H2,1H3. The van der Waals surface area contributed by atoms with E-state index in [1.807, 2.05) is 18.3 Å². The van der Waals surface area contributed by atoms with Crippen LogP contribution in [-0.4, -0.2) is 41.3 Å². The molecule has 110 valence electrons. The fourth-order valence-electron chi connectivity index (χ4n) is 2.74. The number of likely N-dealkylation sites (tertiary alicyclic amines) is 1. The van der Waals surface area contributed by atoms with Gasteiger partial charge < -0.3 is 4.74 Å². The highest BCUT2D eigenvalue weighted by Gasteiger charge is 2.30. The Bertz CT molecular complexity index is 461. The van der Waals surface area contributed by atoms with Crippen LogP contribution < -0.4 is 0 Å². The van der Waals surface area contributed by atoms with Crippen LogP contribution in [0, 0.1) is 0 Å². The zero-order valence-corrected chi connectivity index (χ0v) is 13.0. The minimum Gasteiger partial charge on any atom is -0.497 e. The van der Waals surface area contributed by atoms with Gasteiger partial charge in [-0.25, -0.2) is 0 Å². The summed E-state index contributed by atoms with van der Waals surface area (Å²) in [6, 6.07) is 0. The zero-order chi connectivity index (χ0) is 13.9. The van der Waals surface area contributed by atoms with E-state index in [2.05, 4.69) is 21.7 Å². The molecule has 0 unspecified atom stereocenters. The molecule has 0 spiro atoms. The third-order valence-electron chi connectivity index (χ3n) is 4.07. The lowest BCUT2D eigenvalue weighted by molar-refractivity contribution is 0.160. The molecule has 2 aliphatic rings. The Morgan fingerprint density at radius 3 is 2.35 bits per heavy atom. The molecule has 1 aliphatic heterocycles. The van der Waals surface area contributed by atoms with Gasteiger partial charge in [-0.3, -0.25) is 4.90 Å². The van der Waals surface area contributed by atoms with Crippen LogP contribution in [0.15, 0.2) is 12.3 Å². The first-order chi connectivity index (χ1) is 9.76. The highest BCUT2D eigenvalue weighted by molar-refractivity contribution is 7.11. The van der Waals surface area contributed by atoms with Gasteiger partial charge in [-0.1, -0.05) is 6.58 Å². The molecule has 5 heteroatoms. The number of rotatable bonds is 6. The number of hydrogen-bond acceptors (Lipinski definition) is 5. The highest BCUT2D eigenvalue weighted by atomic mass is 32.1. The lowest BCUT2D eigenvalue weighted by Crippen LogP contribution is -2.34. The van der Waals surface area contributed by atoms with Crippen LogP contribution >= 0.6 is 11.3 Å². The summed E-state index contributed by atoms with van der Waals surface area (Å²) in [6.45, 7) is 9.76. The van der Waals surface area contributed by atoms with Crippen molar-refractivity contribution < 1.29 is 4.74 Å². The maximum Gasteiger partial charge on any atom is 0.120 e. The SMILES string of the molecule is C=C(CN1CCC(c2nnc(C3CC3)s2)CC1)OCC. The number of aromatic nitrogens is 2. The molecule has 0 N–H and O–H groups in total. The molecule has 20 heavy (non-hydrogen) atoms. The van der Waals surface area contributed by atoms with Crippen molar-refractivity contribution in [2.75, 3.05) is 26.2 Å². The lowest BCUT2D eigenvalue weighted by Gasteiger charge is -2.31. The van der Waals surface area contributed by atoms with Gasteiger partial charge in [0.2, 0.25) is 0 Å². The number of ether oxygens (including phenoxy) is 1. The van der Waals surface area contributed by atoms with Crippen LogP contribution in [0.2, 0.25) is 0 Å². The van der Waals surface area contributed by atoms with E-state index in [4.69, 9.17) is 4.74 Å². The van der Waals surface area contributed by atoms with Gasteiger partial charge in [-0.05, 0) is 45.7 Å². The molecule has 4 nitrogen and oxygen atoms in total. The molecule has 2 heterocycles. The quantitative estimate of drug-likeness (QED) is 0.755. The van der Waals surface area contributed by atoms with Crippen LogP contribution in [0.25, 0.3) is 0 Å². The molecule has 0 amide bonds. The van der Waals surface area contributed by atoms with E-state index in [1.54, 1.807) is 0 Å². The van der Waals surface area contributed by atoms with E-state index in [0.29, 0.717) is 12.5 Å². The minimum atomic E-state index is 0.608. The average molecular weight is 293 g/mol. The summed E-state index contributed by atoms with van der Waals surface area (Å²) >= 11 is 1.85. The molecule has 1 aliphatic carbocycles. The summed E-state index contributed by atoms with van der Waals surface area (Å²) in [5.74, 6) is 2.23. The summed E-state index contributed by atoms with van der Waals surface area (Å²) in [4.78, 5) is 2.43. The van der Waals surface area contributed by atoms with Crippen LogP contribution in [0.4, 0.5) is 0 Å². The summed E-state index contributed by atoms with van der Waals surface area (Å²) in [7, 11) is 0. The van der Waals surface area contributed by atoms with E-state index in [9.17, 15) is 0 Å². The van der Waals surface area contributed by atoms with E-state index in [1.165, 1.54) is 35.7 Å². The second-order valence-electron chi connectivity index (χ2n) is 5.77. The van der Waals surface area contributed by atoms with E-state index < -0.39 is 0 Å². The first-order valence-electron chi connectivity index (χ1n) is 7.62. The van der Waals surface area contributed by atoms with E-state index in [0.717, 1.165) is 31.3 Å². The van der Waals surface area contributed by atoms with Crippen LogP contribution in [0.1, 0.15) is 54.5 Å². The Labute approximate surface area is 124 Å². The third-order valence-corrected chi connectivity index (χ3v) is 5.32. The van der Waals surface area contributed by atoms with Crippen LogP contribution in [0.5, 0.6) is 0 Å². The van der Waals surface area contributed by atoms with Crippen LogP contribution in [-0.2, 0) is 4.74 Å². The summed E-state index contributed by atoms with van der Waals surface area (Å²) in [5, 5.41) is 11.3. The average Bonchev–Trinajstić information content (AvgIpc) is 3.18. The van der Waals surface area contributed by atoms with Crippen LogP contribution in [0.3, 0.4) is 0 Å². The fraction of sp³-hybridized carbons (Fsp3) is 0.733. The molecule has 0 atom stereocenters. The van der Waals surface area contributed by atoms with Crippen molar-refractivity contribution >= 4 is 11.3 Å². The van der Waals surface area contributed by atoms with Gasteiger partial charge in [0.15, 0.2) is 0 Å². The van der Waals surface area contributed by atoms with Gasteiger partial charge in [-0.2, -0.15) is 0 Å². The Morgan fingerprint density at radius 1 is 1.20 bits per heavy atom. The smallest absolute Gasteiger partial charge is 0.120 e. The normalized spacial score (nSPS) is 21.1. The molecule has 0 radical (unpaired) electrons. The summed E-state index contributed by atoms with van der Waals surface area (Å²) < 4.78 is 5.44. The second-order valence-corrected chi connectivity index (χ2v) is 6.82. The Balaban J connectivity index is 1.48. The van der Waals surface area contributed by atoms with Gasteiger partial charge >= 0.3 is 0 Å². The highest BCUT2D eigenvalue weighted by Crippen LogP contribution is 2.43. The summed E-state index contributed by atoms with van der Waals surface area (Å²) in [6.07, 6.45) is 4.98. The van der Waals surface area contributed by atoms with E-state index in [-0.39, 0.29) is 0 Å². The minimum absolute atomic E-state index is 0.608. The predicted octanol–water partition coefficient (Wildman–Crippen LogP) is 3.15. The summed E-state index contributed by atoms with van der Waals surface area (Å²) in [5.41, 5.74) is 0. The number of nitrogens with zero attached hydrogens (tertiary/aromatic N) is 3. The van der Waals surface area contributed by atoms with Crippen molar-refractivity contribution in [3.63, 3.8) is 0 Å². The topological polar surface area (TPSA) is 38.2 Å². The molecule has 1 aromatic rings. The monoisotopic (exact) mass is 293 g/mol. The molecular weight excluding hydrogens is 270 g/mol. The molecule has 2 fully saturated rings. The Morgan fingerprint density at radius 2 is 1.80 bits per heavy atom. The van der Waals surface area contributed by atoms with Gasteiger partial charge in [0.05, 0.1) is 13.2 Å². The zero-order valence-electron chi connectivity index (χ0n) is 12.2. The van der Waals surface area contributed by atoms with Crippen molar-refractivity contribution in [3.05, 3.63) is 22.4 Å². The molecule has 1 aromatic heterocycles. The van der Waals surface area contributed by atoms with Gasteiger partial charge in [-0.15, -0.1) is 21.5 Å². The largest absolute Gasteiger partial charge is 0.497 e. The van der Waals surface area contributed by atoms with Crippen molar-refractivity contribution in [2.24, 2.45) is 0 Å². The number of hydrogen-bond donors (Lipinski definition) is 0. The molecule has 1 saturated heterocycles. The van der Waals surface area contributed by atoms with Crippen molar-refractivity contribution in [1.29, 1.82) is 0 Å². The van der Waals surface area contributed by atoms with Crippen molar-refractivity contribution in [3.8, 4) is 0 Å². The molecule has 3 rings (SSSR count). The molecule has 1 saturated carbocycles. The fourth-order valence-corrected chi connectivity index (χ4v) is 3.93. The number of piperidine rings is 1. The second kappa shape index (κ2) is 6.22. The van der Waals surface area contributed by atoms with Gasteiger partial charge in [0.25, 0.3) is 0 Å². The Hall–Kier alpha value is -0.940. The molecule has 0 bridgehead atoms. The third kappa shape index (κ3) is 3.38. The first-order valence-corrected chi connectivity index (χ1v) is 8.44. The van der Waals surface area contributed by atoms with Crippen molar-refractivity contribution in [2.45, 2.75) is 44.4 Å². The van der Waals surface area contributed by atoms with Gasteiger partial charge in [0.1, 0.15) is 15.8 Å². The maximum atomic E-state index is 5.44. The maximum absolute atomic E-state index is 5.44. The molecule has 0 aromatic carbocycles. The van der Waals surface area contributed by atoms with Crippen molar-refractivity contribution in [1.82, 2.24) is 15.1 Å². The lowest BCUT2D eigenvalue weighted by atomic mass is 9.98.